The number of nitrogens with zero attached hydrogens (tertiary/aromatic N) is 2. The van der Waals surface area contributed by atoms with Gasteiger partial charge in [0.2, 0.25) is 11.8 Å². The first-order valence-electron chi connectivity index (χ1n) is 10.2. The van der Waals surface area contributed by atoms with Gasteiger partial charge in [-0.05, 0) is 37.8 Å². The smallest absolute Gasteiger partial charge is 0.228 e. The average Bonchev–Trinajstić information content (AvgIpc) is 2.73. The molecule has 3 rings (SSSR count). The first-order chi connectivity index (χ1) is 13.5. The third kappa shape index (κ3) is 5.22. The monoisotopic (exact) mass is 378 g/mol. The summed E-state index contributed by atoms with van der Waals surface area (Å²) in [6.45, 7) is 6.01. The van der Waals surface area contributed by atoms with E-state index in [9.17, 15) is 9.59 Å². The number of amides is 2. The maximum atomic E-state index is 13.3. The molecule has 1 heterocycles. The molecule has 1 unspecified atom stereocenters. The molecular weight excluding hydrogens is 348 g/mol. The van der Waals surface area contributed by atoms with Crippen LogP contribution in [-0.4, -0.2) is 40.7 Å². The molecule has 148 valence electrons. The number of hydrogen-bond acceptors (Lipinski definition) is 2. The first kappa shape index (κ1) is 20.1. The average molecular weight is 379 g/mol. The Morgan fingerprint density at radius 1 is 1.00 bits per heavy atom. The topological polar surface area (TPSA) is 40.6 Å². The van der Waals surface area contributed by atoms with Crippen molar-refractivity contribution in [3.8, 4) is 0 Å². The van der Waals surface area contributed by atoms with Crippen molar-refractivity contribution in [3.05, 3.63) is 71.8 Å². The van der Waals surface area contributed by atoms with Gasteiger partial charge in [-0.3, -0.25) is 9.59 Å². The molecule has 0 radical (unpaired) electrons. The Kier molecular flexibility index (Phi) is 6.85. The number of piperidine rings is 1. The van der Waals surface area contributed by atoms with Crippen LogP contribution in [0.5, 0.6) is 0 Å². The Morgan fingerprint density at radius 3 is 2.21 bits per heavy atom. The van der Waals surface area contributed by atoms with Gasteiger partial charge in [-0.1, -0.05) is 60.7 Å². The summed E-state index contributed by atoms with van der Waals surface area (Å²) in [5, 5.41) is 0. The molecule has 0 saturated carbocycles. The molecule has 0 N–H and O–H groups in total. The van der Waals surface area contributed by atoms with Crippen LogP contribution < -0.4 is 0 Å². The minimum atomic E-state index is -0.111. The third-order valence-corrected chi connectivity index (χ3v) is 5.42. The van der Waals surface area contributed by atoms with Crippen molar-refractivity contribution < 1.29 is 9.59 Å². The summed E-state index contributed by atoms with van der Waals surface area (Å²) in [7, 11) is 0. The standard InChI is InChI=1S/C24H30N2O2/c1-19(2)26(17-21-12-7-4-8-13-21)24(28)22-14-9-15-25(18-22)23(27)16-20-10-5-3-6-11-20/h3-8,10-13,19,22H,9,14-18H2,1-2H3. The fourth-order valence-corrected chi connectivity index (χ4v) is 3.82. The molecule has 1 fully saturated rings. The van der Waals surface area contributed by atoms with E-state index in [1.54, 1.807) is 0 Å². The van der Waals surface area contributed by atoms with Crippen molar-refractivity contribution in [1.29, 1.82) is 0 Å². The van der Waals surface area contributed by atoms with E-state index in [1.165, 1.54) is 0 Å². The van der Waals surface area contributed by atoms with Crippen molar-refractivity contribution in [1.82, 2.24) is 9.80 Å². The molecule has 1 aliphatic rings. The largest absolute Gasteiger partial charge is 0.342 e. The lowest BCUT2D eigenvalue weighted by Crippen LogP contribution is -2.48. The molecule has 2 aromatic carbocycles. The number of carbonyl (C=O) groups is 2. The van der Waals surface area contributed by atoms with E-state index in [2.05, 4.69) is 26.0 Å². The maximum Gasteiger partial charge on any atom is 0.228 e. The normalized spacial score (nSPS) is 16.8. The van der Waals surface area contributed by atoms with Gasteiger partial charge in [0.1, 0.15) is 0 Å². The molecule has 1 atom stereocenters. The van der Waals surface area contributed by atoms with Crippen LogP contribution in [0.2, 0.25) is 0 Å². The highest BCUT2D eigenvalue weighted by Crippen LogP contribution is 2.22. The van der Waals surface area contributed by atoms with Crippen LogP contribution >= 0.6 is 0 Å². The molecule has 2 amide bonds. The minimum absolute atomic E-state index is 0.111. The van der Waals surface area contributed by atoms with Crippen LogP contribution in [0.15, 0.2) is 60.7 Å². The van der Waals surface area contributed by atoms with Gasteiger partial charge >= 0.3 is 0 Å². The van der Waals surface area contributed by atoms with E-state index in [0.717, 1.165) is 30.5 Å². The second-order valence-electron chi connectivity index (χ2n) is 7.89. The Labute approximate surface area is 168 Å². The highest BCUT2D eigenvalue weighted by Gasteiger charge is 2.32. The number of benzene rings is 2. The lowest BCUT2D eigenvalue weighted by atomic mass is 9.95. The van der Waals surface area contributed by atoms with Gasteiger partial charge in [0.05, 0.1) is 12.3 Å². The van der Waals surface area contributed by atoms with Crippen molar-refractivity contribution in [3.63, 3.8) is 0 Å². The van der Waals surface area contributed by atoms with E-state index >= 15 is 0 Å². The van der Waals surface area contributed by atoms with E-state index in [0.29, 0.717) is 19.5 Å². The minimum Gasteiger partial charge on any atom is -0.342 e. The van der Waals surface area contributed by atoms with Crippen LogP contribution in [-0.2, 0) is 22.6 Å². The summed E-state index contributed by atoms with van der Waals surface area (Å²) in [4.78, 5) is 29.8. The zero-order chi connectivity index (χ0) is 19.9. The number of rotatable bonds is 6. The van der Waals surface area contributed by atoms with Gasteiger partial charge in [0, 0.05) is 25.7 Å². The van der Waals surface area contributed by atoms with E-state index < -0.39 is 0 Å². The predicted molar refractivity (Wildman–Crippen MR) is 112 cm³/mol. The molecule has 4 heteroatoms. The SMILES string of the molecule is CC(C)N(Cc1ccccc1)C(=O)C1CCCN(C(=O)Cc2ccccc2)C1. The molecule has 0 aromatic heterocycles. The van der Waals surface area contributed by atoms with Gasteiger partial charge in [0.25, 0.3) is 0 Å². The second-order valence-corrected chi connectivity index (χ2v) is 7.89. The summed E-state index contributed by atoms with van der Waals surface area (Å²) in [6.07, 6.45) is 2.14. The summed E-state index contributed by atoms with van der Waals surface area (Å²) in [6, 6.07) is 20.0. The number of carbonyl (C=O) groups excluding carboxylic acids is 2. The Hall–Kier alpha value is -2.62. The lowest BCUT2D eigenvalue weighted by molar-refractivity contribution is -0.142. The van der Waals surface area contributed by atoms with Gasteiger partial charge < -0.3 is 9.80 Å². The van der Waals surface area contributed by atoms with Crippen molar-refractivity contribution in [2.24, 2.45) is 5.92 Å². The highest BCUT2D eigenvalue weighted by molar-refractivity contribution is 5.82. The molecule has 1 saturated heterocycles. The summed E-state index contributed by atoms with van der Waals surface area (Å²) < 4.78 is 0. The molecule has 0 spiro atoms. The zero-order valence-corrected chi connectivity index (χ0v) is 16.9. The first-order valence-corrected chi connectivity index (χ1v) is 10.2. The van der Waals surface area contributed by atoms with Gasteiger partial charge in [-0.2, -0.15) is 0 Å². The summed E-state index contributed by atoms with van der Waals surface area (Å²) in [5.41, 5.74) is 2.16. The summed E-state index contributed by atoms with van der Waals surface area (Å²) >= 11 is 0. The molecule has 28 heavy (non-hydrogen) atoms. The number of hydrogen-bond donors (Lipinski definition) is 0. The van der Waals surface area contributed by atoms with Gasteiger partial charge in [-0.15, -0.1) is 0 Å². The Balaban J connectivity index is 1.64. The van der Waals surface area contributed by atoms with Gasteiger partial charge in [0.15, 0.2) is 0 Å². The highest BCUT2D eigenvalue weighted by atomic mass is 16.2. The van der Waals surface area contributed by atoms with Crippen LogP contribution in [0.4, 0.5) is 0 Å². The maximum absolute atomic E-state index is 13.3. The van der Waals surface area contributed by atoms with Crippen LogP contribution in [0.3, 0.4) is 0 Å². The van der Waals surface area contributed by atoms with Crippen LogP contribution in [0.25, 0.3) is 0 Å². The van der Waals surface area contributed by atoms with E-state index in [1.807, 2.05) is 58.3 Å². The summed E-state index contributed by atoms with van der Waals surface area (Å²) in [5.74, 6) is 0.165. The molecule has 2 aromatic rings. The van der Waals surface area contributed by atoms with Crippen LogP contribution in [0, 0.1) is 5.92 Å². The third-order valence-electron chi connectivity index (χ3n) is 5.42. The van der Waals surface area contributed by atoms with Crippen molar-refractivity contribution in [2.45, 2.75) is 45.7 Å². The fraction of sp³-hybridized carbons (Fsp3) is 0.417. The molecule has 4 nitrogen and oxygen atoms in total. The lowest BCUT2D eigenvalue weighted by Gasteiger charge is -2.36. The second kappa shape index (κ2) is 9.54. The number of likely N-dealkylation sites (tertiary alicyclic amines) is 1. The molecule has 0 aliphatic carbocycles. The van der Waals surface area contributed by atoms with E-state index in [4.69, 9.17) is 0 Å². The van der Waals surface area contributed by atoms with Crippen LogP contribution in [0.1, 0.15) is 37.8 Å². The fourth-order valence-electron chi connectivity index (χ4n) is 3.82. The predicted octanol–water partition coefficient (Wildman–Crippen LogP) is 3.90. The molecule has 0 bridgehead atoms. The Bertz CT molecular complexity index is 774. The zero-order valence-electron chi connectivity index (χ0n) is 16.9. The van der Waals surface area contributed by atoms with Crippen molar-refractivity contribution in [2.75, 3.05) is 13.1 Å². The van der Waals surface area contributed by atoms with Gasteiger partial charge in [-0.25, -0.2) is 0 Å². The molecular formula is C24H30N2O2. The van der Waals surface area contributed by atoms with Crippen molar-refractivity contribution >= 4 is 11.8 Å². The quantitative estimate of drug-likeness (QED) is 0.765. The van der Waals surface area contributed by atoms with E-state index in [-0.39, 0.29) is 23.8 Å². The molecule has 1 aliphatic heterocycles. The Morgan fingerprint density at radius 2 is 1.61 bits per heavy atom.